The monoisotopic (exact) mass is 292 g/mol. The van der Waals surface area contributed by atoms with Gasteiger partial charge in [0.1, 0.15) is 0 Å². The molecule has 2 aromatic rings. The number of aryl methyl sites for hydroxylation is 2. The Morgan fingerprint density at radius 3 is 2.68 bits per heavy atom. The van der Waals surface area contributed by atoms with Crippen molar-refractivity contribution in [2.45, 2.75) is 26.2 Å². The first-order valence-electron chi connectivity index (χ1n) is 7.66. The summed E-state index contributed by atoms with van der Waals surface area (Å²) >= 11 is 0. The Bertz CT molecular complexity index is 741. The zero-order valence-corrected chi connectivity index (χ0v) is 13.1. The van der Waals surface area contributed by atoms with Crippen molar-refractivity contribution in [3.8, 4) is 11.1 Å². The van der Waals surface area contributed by atoms with Crippen molar-refractivity contribution in [2.24, 2.45) is 0 Å². The van der Waals surface area contributed by atoms with Gasteiger partial charge in [-0.05, 0) is 60.1 Å². The minimum atomic E-state index is -0.274. The standard InChI is InChI=1S/C20H20O2/c1-14-5-3-7-16(11-14)17-10-9-15-6-4-8-18(19(15)12-17)13-20(21)22-2/h3,5,7,9-13H,4,6,8H2,1-2H3/b18-13+. The SMILES string of the molecule is COC(=O)/C=C1\CCCc2ccc(-c3cccc(C)c3)cc21. The van der Waals surface area contributed by atoms with E-state index >= 15 is 0 Å². The molecule has 0 saturated carbocycles. The summed E-state index contributed by atoms with van der Waals surface area (Å²) in [6, 6.07) is 15.1. The minimum absolute atomic E-state index is 0.274. The van der Waals surface area contributed by atoms with E-state index in [2.05, 4.69) is 49.4 Å². The lowest BCUT2D eigenvalue weighted by Crippen LogP contribution is -2.05. The van der Waals surface area contributed by atoms with Crippen LogP contribution in [0.1, 0.15) is 29.5 Å². The third-order valence-corrected chi connectivity index (χ3v) is 4.19. The van der Waals surface area contributed by atoms with Crippen molar-refractivity contribution in [2.75, 3.05) is 7.11 Å². The third-order valence-electron chi connectivity index (χ3n) is 4.19. The number of methoxy groups -OCH3 is 1. The highest BCUT2D eigenvalue weighted by Crippen LogP contribution is 2.34. The summed E-state index contributed by atoms with van der Waals surface area (Å²) < 4.78 is 4.78. The molecular weight excluding hydrogens is 272 g/mol. The molecular formula is C20H20O2. The fraction of sp³-hybridized carbons (Fsp3) is 0.250. The molecule has 0 N–H and O–H groups in total. The van der Waals surface area contributed by atoms with E-state index in [4.69, 9.17) is 4.74 Å². The first kappa shape index (κ1) is 14.6. The number of benzene rings is 2. The quantitative estimate of drug-likeness (QED) is 0.599. The van der Waals surface area contributed by atoms with Crippen LogP contribution in [0.3, 0.4) is 0 Å². The zero-order chi connectivity index (χ0) is 15.5. The lowest BCUT2D eigenvalue weighted by atomic mass is 9.85. The maximum atomic E-state index is 11.6. The third kappa shape index (κ3) is 2.96. The highest BCUT2D eigenvalue weighted by molar-refractivity contribution is 5.92. The van der Waals surface area contributed by atoms with Crippen molar-refractivity contribution in [1.29, 1.82) is 0 Å². The number of carbonyl (C=O) groups is 1. The molecule has 1 aliphatic rings. The highest BCUT2D eigenvalue weighted by Gasteiger charge is 2.16. The molecule has 2 aromatic carbocycles. The Labute approximate surface area is 131 Å². The Hall–Kier alpha value is -2.35. The summed E-state index contributed by atoms with van der Waals surface area (Å²) in [6.45, 7) is 2.10. The van der Waals surface area contributed by atoms with Crippen LogP contribution >= 0.6 is 0 Å². The molecule has 0 radical (unpaired) electrons. The van der Waals surface area contributed by atoms with E-state index in [1.165, 1.54) is 34.9 Å². The molecule has 0 spiro atoms. The number of ether oxygens (including phenoxy) is 1. The number of allylic oxidation sites excluding steroid dienone is 1. The summed E-state index contributed by atoms with van der Waals surface area (Å²) in [5, 5.41) is 0. The molecule has 3 rings (SSSR count). The van der Waals surface area contributed by atoms with Gasteiger partial charge in [-0.1, -0.05) is 42.0 Å². The van der Waals surface area contributed by atoms with Crippen LogP contribution in [0.15, 0.2) is 48.5 Å². The van der Waals surface area contributed by atoms with E-state index in [-0.39, 0.29) is 5.97 Å². The molecule has 0 saturated heterocycles. The summed E-state index contributed by atoms with van der Waals surface area (Å²) in [5.74, 6) is -0.274. The lowest BCUT2D eigenvalue weighted by molar-refractivity contribution is -0.134. The molecule has 0 aliphatic heterocycles. The molecule has 0 bridgehead atoms. The molecule has 0 fully saturated rings. The van der Waals surface area contributed by atoms with Crippen molar-refractivity contribution in [1.82, 2.24) is 0 Å². The minimum Gasteiger partial charge on any atom is -0.466 e. The van der Waals surface area contributed by atoms with Gasteiger partial charge in [0.25, 0.3) is 0 Å². The van der Waals surface area contributed by atoms with Crippen LogP contribution in [0, 0.1) is 6.92 Å². The van der Waals surface area contributed by atoms with Crippen LogP contribution in [-0.4, -0.2) is 13.1 Å². The van der Waals surface area contributed by atoms with Gasteiger partial charge in [-0.15, -0.1) is 0 Å². The van der Waals surface area contributed by atoms with Crippen molar-refractivity contribution in [3.63, 3.8) is 0 Å². The topological polar surface area (TPSA) is 26.3 Å². The van der Waals surface area contributed by atoms with Crippen LogP contribution in [-0.2, 0) is 16.0 Å². The lowest BCUT2D eigenvalue weighted by Gasteiger charge is -2.20. The Morgan fingerprint density at radius 2 is 1.91 bits per heavy atom. The maximum absolute atomic E-state index is 11.6. The zero-order valence-electron chi connectivity index (χ0n) is 13.1. The second-order valence-corrected chi connectivity index (χ2v) is 5.79. The van der Waals surface area contributed by atoms with E-state index in [1.54, 1.807) is 6.08 Å². The predicted molar refractivity (Wildman–Crippen MR) is 89.5 cm³/mol. The molecule has 0 heterocycles. The first-order valence-corrected chi connectivity index (χ1v) is 7.66. The number of hydrogen-bond donors (Lipinski definition) is 0. The molecule has 2 heteroatoms. The van der Waals surface area contributed by atoms with Gasteiger partial charge in [0.05, 0.1) is 7.11 Å². The Balaban J connectivity index is 2.06. The molecule has 0 unspecified atom stereocenters. The van der Waals surface area contributed by atoms with E-state index in [0.29, 0.717) is 0 Å². The number of esters is 1. The number of fused-ring (bicyclic) bond motifs is 1. The second kappa shape index (κ2) is 6.18. The van der Waals surface area contributed by atoms with Gasteiger partial charge in [0.15, 0.2) is 0 Å². The largest absolute Gasteiger partial charge is 0.466 e. The number of hydrogen-bond acceptors (Lipinski definition) is 2. The molecule has 22 heavy (non-hydrogen) atoms. The summed E-state index contributed by atoms with van der Waals surface area (Å²) in [7, 11) is 1.42. The summed E-state index contributed by atoms with van der Waals surface area (Å²) in [4.78, 5) is 11.6. The van der Waals surface area contributed by atoms with Crippen LogP contribution in [0.4, 0.5) is 0 Å². The molecule has 0 aromatic heterocycles. The summed E-state index contributed by atoms with van der Waals surface area (Å²) in [6.07, 6.45) is 4.72. The van der Waals surface area contributed by atoms with Crippen LogP contribution in [0.2, 0.25) is 0 Å². The molecule has 1 aliphatic carbocycles. The predicted octanol–water partition coefficient (Wildman–Crippen LogP) is 4.55. The van der Waals surface area contributed by atoms with E-state index in [1.807, 2.05) is 0 Å². The van der Waals surface area contributed by atoms with Crippen LogP contribution in [0.5, 0.6) is 0 Å². The summed E-state index contributed by atoms with van der Waals surface area (Å²) in [5.41, 5.74) is 7.25. The average molecular weight is 292 g/mol. The van der Waals surface area contributed by atoms with Crippen LogP contribution in [0.25, 0.3) is 16.7 Å². The molecule has 0 amide bonds. The van der Waals surface area contributed by atoms with Gasteiger partial charge in [0.2, 0.25) is 0 Å². The maximum Gasteiger partial charge on any atom is 0.330 e. The van der Waals surface area contributed by atoms with Crippen molar-refractivity contribution >= 4 is 11.5 Å². The molecule has 112 valence electrons. The average Bonchev–Trinajstić information content (AvgIpc) is 2.54. The first-order chi connectivity index (χ1) is 10.7. The van der Waals surface area contributed by atoms with Gasteiger partial charge in [-0.2, -0.15) is 0 Å². The van der Waals surface area contributed by atoms with E-state index in [9.17, 15) is 4.79 Å². The van der Waals surface area contributed by atoms with Gasteiger partial charge >= 0.3 is 5.97 Å². The van der Waals surface area contributed by atoms with Gasteiger partial charge < -0.3 is 4.74 Å². The van der Waals surface area contributed by atoms with Gasteiger partial charge in [0, 0.05) is 6.08 Å². The van der Waals surface area contributed by atoms with E-state index < -0.39 is 0 Å². The molecule has 0 atom stereocenters. The Morgan fingerprint density at radius 1 is 1.09 bits per heavy atom. The van der Waals surface area contributed by atoms with E-state index in [0.717, 1.165) is 24.8 Å². The van der Waals surface area contributed by atoms with Gasteiger partial charge in [-0.25, -0.2) is 4.79 Å². The smallest absolute Gasteiger partial charge is 0.330 e. The second-order valence-electron chi connectivity index (χ2n) is 5.79. The van der Waals surface area contributed by atoms with Gasteiger partial charge in [-0.3, -0.25) is 0 Å². The normalized spacial score (nSPS) is 15.5. The van der Waals surface area contributed by atoms with Crippen LogP contribution < -0.4 is 0 Å². The highest BCUT2D eigenvalue weighted by atomic mass is 16.5. The fourth-order valence-corrected chi connectivity index (χ4v) is 3.05. The molecule has 2 nitrogen and oxygen atoms in total. The Kier molecular flexibility index (Phi) is 4.10. The fourth-order valence-electron chi connectivity index (χ4n) is 3.05. The van der Waals surface area contributed by atoms with Crippen molar-refractivity contribution < 1.29 is 9.53 Å². The number of rotatable bonds is 2. The number of carbonyl (C=O) groups excluding carboxylic acids is 1. The van der Waals surface area contributed by atoms with Crippen molar-refractivity contribution in [3.05, 3.63) is 65.2 Å².